The van der Waals surface area contributed by atoms with Crippen LogP contribution < -0.4 is 9.64 Å². The van der Waals surface area contributed by atoms with E-state index in [2.05, 4.69) is 41.2 Å². The zero-order valence-corrected chi connectivity index (χ0v) is 13.4. The molecule has 0 saturated carbocycles. The van der Waals surface area contributed by atoms with E-state index in [0.29, 0.717) is 37.9 Å². The average Bonchev–Trinajstić information content (AvgIpc) is 2.58. The van der Waals surface area contributed by atoms with Crippen LogP contribution in [0.15, 0.2) is 36.7 Å². The van der Waals surface area contributed by atoms with Crippen LogP contribution in [0.1, 0.15) is 11.1 Å². The highest BCUT2D eigenvalue weighted by molar-refractivity contribution is 5.82. The fraction of sp³-hybridized carbons (Fsp3) is 0.353. The molecular formula is C17H20N4O2. The van der Waals surface area contributed by atoms with Gasteiger partial charge in [-0.25, -0.2) is 9.97 Å². The summed E-state index contributed by atoms with van der Waals surface area (Å²) in [5.74, 6) is 1.16. The molecule has 0 aliphatic carbocycles. The third-order valence-corrected chi connectivity index (χ3v) is 3.95. The number of aromatic nitrogens is 2. The first-order chi connectivity index (χ1) is 11.2. The van der Waals surface area contributed by atoms with Gasteiger partial charge in [0.05, 0.1) is 13.7 Å². The van der Waals surface area contributed by atoms with Gasteiger partial charge in [0.1, 0.15) is 0 Å². The highest BCUT2D eigenvalue weighted by Gasteiger charge is 2.26. The van der Waals surface area contributed by atoms with Crippen LogP contribution in [0.2, 0.25) is 0 Å². The topological polar surface area (TPSA) is 58.6 Å². The predicted octanol–water partition coefficient (Wildman–Crippen LogP) is 1.64. The summed E-state index contributed by atoms with van der Waals surface area (Å²) in [6.45, 7) is 4.37. The molecule has 0 unspecified atom stereocenters. The van der Waals surface area contributed by atoms with Gasteiger partial charge in [-0.3, -0.25) is 4.79 Å². The second kappa shape index (κ2) is 6.64. The lowest BCUT2D eigenvalue weighted by molar-refractivity contribution is -0.131. The van der Waals surface area contributed by atoms with Crippen LogP contribution in [-0.4, -0.2) is 47.5 Å². The minimum Gasteiger partial charge on any atom is -0.478 e. The number of hydrogen-bond donors (Lipinski definition) is 0. The largest absolute Gasteiger partial charge is 0.478 e. The number of carbonyl (C=O) groups excluding carboxylic acids is 1. The summed E-state index contributed by atoms with van der Waals surface area (Å²) in [4.78, 5) is 24.7. The number of amides is 1. The van der Waals surface area contributed by atoms with E-state index in [1.807, 2.05) is 9.80 Å². The Hall–Kier alpha value is -2.63. The molecule has 3 rings (SSSR count). The molecule has 1 saturated heterocycles. The van der Waals surface area contributed by atoms with Crippen molar-refractivity contribution in [2.75, 3.05) is 31.6 Å². The molecule has 2 aromatic rings. The fourth-order valence-corrected chi connectivity index (χ4v) is 2.65. The number of methoxy groups -OCH3 is 1. The number of hydrogen-bond acceptors (Lipinski definition) is 5. The second-order valence-electron chi connectivity index (χ2n) is 5.61. The molecule has 1 aromatic carbocycles. The molecule has 1 amide bonds. The average molecular weight is 312 g/mol. The standard InChI is InChI=1S/C17H20N4O2/c1-13-3-5-14(6-4-13)11-20-9-10-21(12-15(20)22)16-17(23-2)19-8-7-18-16/h3-8H,9-12H2,1-2H3. The Morgan fingerprint density at radius 3 is 2.57 bits per heavy atom. The molecule has 1 aliphatic rings. The number of nitrogens with zero attached hydrogens (tertiary/aromatic N) is 4. The molecule has 0 bridgehead atoms. The first-order valence-corrected chi connectivity index (χ1v) is 7.60. The zero-order chi connectivity index (χ0) is 16.2. The van der Waals surface area contributed by atoms with Crippen molar-refractivity contribution in [3.8, 4) is 5.88 Å². The number of anilines is 1. The van der Waals surface area contributed by atoms with E-state index >= 15 is 0 Å². The first-order valence-electron chi connectivity index (χ1n) is 7.60. The Morgan fingerprint density at radius 2 is 1.87 bits per heavy atom. The molecule has 0 N–H and O–H groups in total. The lowest BCUT2D eigenvalue weighted by Crippen LogP contribution is -2.50. The summed E-state index contributed by atoms with van der Waals surface area (Å²) < 4.78 is 5.23. The van der Waals surface area contributed by atoms with Gasteiger partial charge in [-0.05, 0) is 12.5 Å². The molecule has 6 heteroatoms. The first kappa shape index (κ1) is 15.3. The van der Waals surface area contributed by atoms with Crippen molar-refractivity contribution in [1.29, 1.82) is 0 Å². The van der Waals surface area contributed by atoms with E-state index < -0.39 is 0 Å². The van der Waals surface area contributed by atoms with E-state index in [-0.39, 0.29) is 5.91 Å². The zero-order valence-electron chi connectivity index (χ0n) is 13.4. The minimum atomic E-state index is 0.0875. The molecule has 1 fully saturated rings. The number of carbonyl (C=O) groups is 1. The highest BCUT2D eigenvalue weighted by atomic mass is 16.5. The number of aryl methyl sites for hydroxylation is 1. The van der Waals surface area contributed by atoms with E-state index in [1.54, 1.807) is 19.5 Å². The van der Waals surface area contributed by atoms with Crippen molar-refractivity contribution >= 4 is 11.7 Å². The molecule has 6 nitrogen and oxygen atoms in total. The van der Waals surface area contributed by atoms with Gasteiger partial charge in [0, 0.05) is 32.0 Å². The van der Waals surface area contributed by atoms with Crippen LogP contribution in [0.3, 0.4) is 0 Å². The highest BCUT2D eigenvalue weighted by Crippen LogP contribution is 2.23. The lowest BCUT2D eigenvalue weighted by atomic mass is 10.1. The maximum Gasteiger partial charge on any atom is 0.257 e. The van der Waals surface area contributed by atoms with Gasteiger partial charge >= 0.3 is 0 Å². The molecule has 1 aromatic heterocycles. The van der Waals surface area contributed by atoms with E-state index in [1.165, 1.54) is 5.56 Å². The third-order valence-electron chi connectivity index (χ3n) is 3.95. The quantitative estimate of drug-likeness (QED) is 0.859. The van der Waals surface area contributed by atoms with Crippen molar-refractivity contribution in [3.63, 3.8) is 0 Å². The van der Waals surface area contributed by atoms with Crippen LogP contribution in [0.4, 0.5) is 5.82 Å². The molecular weight excluding hydrogens is 292 g/mol. The van der Waals surface area contributed by atoms with Crippen LogP contribution in [0.5, 0.6) is 5.88 Å². The molecule has 2 heterocycles. The van der Waals surface area contributed by atoms with Crippen molar-refractivity contribution in [2.45, 2.75) is 13.5 Å². The van der Waals surface area contributed by atoms with Crippen molar-refractivity contribution in [2.24, 2.45) is 0 Å². The summed E-state index contributed by atoms with van der Waals surface area (Å²) >= 11 is 0. The fourth-order valence-electron chi connectivity index (χ4n) is 2.65. The minimum absolute atomic E-state index is 0.0875. The van der Waals surface area contributed by atoms with E-state index in [9.17, 15) is 4.79 Å². The Kier molecular flexibility index (Phi) is 4.41. The number of ether oxygens (including phenoxy) is 1. The molecule has 23 heavy (non-hydrogen) atoms. The molecule has 1 aliphatic heterocycles. The maximum absolute atomic E-state index is 12.4. The summed E-state index contributed by atoms with van der Waals surface area (Å²) in [7, 11) is 1.56. The maximum atomic E-state index is 12.4. The third kappa shape index (κ3) is 3.41. The van der Waals surface area contributed by atoms with Crippen molar-refractivity contribution in [1.82, 2.24) is 14.9 Å². The van der Waals surface area contributed by atoms with Crippen molar-refractivity contribution < 1.29 is 9.53 Å². The van der Waals surface area contributed by atoms with Gasteiger partial charge < -0.3 is 14.5 Å². The van der Waals surface area contributed by atoms with Gasteiger partial charge in [-0.1, -0.05) is 29.8 Å². The Labute approximate surface area is 135 Å². The van der Waals surface area contributed by atoms with Crippen LogP contribution >= 0.6 is 0 Å². The Bertz CT molecular complexity index is 687. The van der Waals surface area contributed by atoms with E-state index in [4.69, 9.17) is 4.74 Å². The van der Waals surface area contributed by atoms with Crippen molar-refractivity contribution in [3.05, 3.63) is 47.8 Å². The summed E-state index contributed by atoms with van der Waals surface area (Å²) in [5, 5.41) is 0. The van der Waals surface area contributed by atoms with Crippen LogP contribution in [0, 0.1) is 6.92 Å². The molecule has 0 spiro atoms. The van der Waals surface area contributed by atoms with Gasteiger partial charge in [-0.2, -0.15) is 0 Å². The summed E-state index contributed by atoms with van der Waals surface area (Å²) in [6, 6.07) is 8.28. The summed E-state index contributed by atoms with van der Waals surface area (Å²) in [5.41, 5.74) is 2.37. The Balaban J connectivity index is 1.67. The molecule has 0 radical (unpaired) electrons. The van der Waals surface area contributed by atoms with Gasteiger partial charge in [0.25, 0.3) is 5.88 Å². The normalized spacial score (nSPS) is 15.0. The smallest absolute Gasteiger partial charge is 0.257 e. The SMILES string of the molecule is COc1nccnc1N1CCN(Cc2ccc(C)cc2)C(=O)C1. The lowest BCUT2D eigenvalue weighted by Gasteiger charge is -2.35. The number of rotatable bonds is 4. The Morgan fingerprint density at radius 1 is 1.13 bits per heavy atom. The predicted molar refractivity (Wildman–Crippen MR) is 87.4 cm³/mol. The molecule has 120 valence electrons. The van der Waals surface area contributed by atoms with Crippen LogP contribution in [-0.2, 0) is 11.3 Å². The van der Waals surface area contributed by atoms with Gasteiger partial charge in [0.2, 0.25) is 5.91 Å². The van der Waals surface area contributed by atoms with Crippen LogP contribution in [0.25, 0.3) is 0 Å². The monoisotopic (exact) mass is 312 g/mol. The van der Waals surface area contributed by atoms with Gasteiger partial charge in [-0.15, -0.1) is 0 Å². The van der Waals surface area contributed by atoms with E-state index in [0.717, 1.165) is 5.56 Å². The summed E-state index contributed by atoms with van der Waals surface area (Å²) in [6.07, 6.45) is 3.19. The second-order valence-corrected chi connectivity index (χ2v) is 5.61. The molecule has 0 atom stereocenters. The number of benzene rings is 1. The van der Waals surface area contributed by atoms with Gasteiger partial charge in [0.15, 0.2) is 5.82 Å². The number of piperazine rings is 1.